The summed E-state index contributed by atoms with van der Waals surface area (Å²) < 4.78 is 0. The number of hydrogen-bond acceptors (Lipinski definition) is 5. The third-order valence-corrected chi connectivity index (χ3v) is 5.69. The Labute approximate surface area is 153 Å². The Morgan fingerprint density at radius 3 is 2.96 bits per heavy atom. The summed E-state index contributed by atoms with van der Waals surface area (Å²) in [5.41, 5.74) is 5.67. The van der Waals surface area contributed by atoms with Crippen LogP contribution in [0.3, 0.4) is 0 Å². The van der Waals surface area contributed by atoms with E-state index in [2.05, 4.69) is 11.6 Å². The van der Waals surface area contributed by atoms with E-state index in [1.165, 1.54) is 31.0 Å². The molecule has 1 heterocycles. The van der Waals surface area contributed by atoms with Gasteiger partial charge in [0, 0.05) is 29.8 Å². The number of carboxylic acids is 1. The number of carbonyl (C=O) groups is 1. The van der Waals surface area contributed by atoms with Crippen molar-refractivity contribution < 1.29 is 15.0 Å². The summed E-state index contributed by atoms with van der Waals surface area (Å²) >= 11 is 1.45. The van der Waals surface area contributed by atoms with Crippen LogP contribution in [0, 0.1) is 5.92 Å². The molecule has 138 valence electrons. The first-order chi connectivity index (χ1) is 12.0. The number of pyridine rings is 1. The molecule has 5 nitrogen and oxygen atoms in total. The SMILES string of the molecule is C=CCSCC(N)C(O)(Cc1cc(CCCC2CC2)ccn1)C(=O)O. The van der Waals surface area contributed by atoms with Gasteiger partial charge in [0.15, 0.2) is 5.60 Å². The summed E-state index contributed by atoms with van der Waals surface area (Å²) in [7, 11) is 0. The van der Waals surface area contributed by atoms with Crippen LogP contribution in [0.4, 0.5) is 0 Å². The zero-order chi connectivity index (χ0) is 18.3. The molecular weight excluding hydrogens is 336 g/mol. The van der Waals surface area contributed by atoms with E-state index in [0.717, 1.165) is 24.3 Å². The van der Waals surface area contributed by atoms with Gasteiger partial charge in [0.1, 0.15) is 0 Å². The van der Waals surface area contributed by atoms with Crippen molar-refractivity contribution in [2.24, 2.45) is 11.7 Å². The molecule has 1 aliphatic rings. The number of aliphatic hydroxyl groups is 1. The summed E-state index contributed by atoms with van der Waals surface area (Å²) in [4.78, 5) is 15.9. The van der Waals surface area contributed by atoms with E-state index in [9.17, 15) is 15.0 Å². The zero-order valence-corrected chi connectivity index (χ0v) is 15.4. The fourth-order valence-corrected chi connectivity index (χ4v) is 3.67. The number of rotatable bonds is 12. The van der Waals surface area contributed by atoms with E-state index in [1.807, 2.05) is 12.1 Å². The summed E-state index contributed by atoms with van der Waals surface area (Å²) in [6.07, 6.45) is 9.38. The average Bonchev–Trinajstić information content (AvgIpc) is 3.39. The highest BCUT2D eigenvalue weighted by Gasteiger charge is 2.42. The third kappa shape index (κ3) is 6.13. The molecule has 1 fully saturated rings. The first-order valence-electron chi connectivity index (χ1n) is 8.79. The molecule has 1 aliphatic carbocycles. The molecule has 0 aliphatic heterocycles. The Morgan fingerprint density at radius 2 is 2.32 bits per heavy atom. The smallest absolute Gasteiger partial charge is 0.337 e. The Balaban J connectivity index is 1.99. The average molecular weight is 365 g/mol. The molecule has 0 bridgehead atoms. The summed E-state index contributed by atoms with van der Waals surface area (Å²) in [5, 5.41) is 20.2. The Bertz CT molecular complexity index is 592. The van der Waals surface area contributed by atoms with E-state index >= 15 is 0 Å². The van der Waals surface area contributed by atoms with Gasteiger partial charge >= 0.3 is 5.97 Å². The molecule has 25 heavy (non-hydrogen) atoms. The van der Waals surface area contributed by atoms with Gasteiger partial charge in [0.25, 0.3) is 0 Å². The molecule has 0 spiro atoms. The van der Waals surface area contributed by atoms with Crippen LogP contribution in [0.25, 0.3) is 0 Å². The highest BCUT2D eigenvalue weighted by atomic mass is 32.2. The van der Waals surface area contributed by atoms with Crippen LogP contribution < -0.4 is 5.73 Å². The second-order valence-electron chi connectivity index (χ2n) is 6.83. The van der Waals surface area contributed by atoms with Crippen LogP contribution in [0.15, 0.2) is 31.0 Å². The fourth-order valence-electron chi connectivity index (χ4n) is 2.84. The quantitative estimate of drug-likeness (QED) is 0.389. The molecule has 1 saturated carbocycles. The van der Waals surface area contributed by atoms with Crippen molar-refractivity contribution in [1.29, 1.82) is 0 Å². The highest BCUT2D eigenvalue weighted by Crippen LogP contribution is 2.33. The molecule has 6 heteroatoms. The monoisotopic (exact) mass is 364 g/mol. The molecule has 1 aromatic rings. The van der Waals surface area contributed by atoms with Crippen LogP contribution >= 0.6 is 11.8 Å². The van der Waals surface area contributed by atoms with Crippen LogP contribution in [0.2, 0.25) is 0 Å². The van der Waals surface area contributed by atoms with Gasteiger partial charge in [0.05, 0.1) is 6.04 Å². The Morgan fingerprint density at radius 1 is 1.56 bits per heavy atom. The number of carboxylic acid groups (broad SMARTS) is 1. The van der Waals surface area contributed by atoms with E-state index in [4.69, 9.17) is 5.73 Å². The van der Waals surface area contributed by atoms with Crippen molar-refractivity contribution >= 4 is 17.7 Å². The van der Waals surface area contributed by atoms with Crippen molar-refractivity contribution in [1.82, 2.24) is 4.98 Å². The summed E-state index contributed by atoms with van der Waals surface area (Å²) in [6, 6.07) is 2.97. The number of aromatic nitrogens is 1. The molecule has 0 aromatic carbocycles. The van der Waals surface area contributed by atoms with Gasteiger partial charge in [-0.05, 0) is 36.5 Å². The third-order valence-electron chi connectivity index (χ3n) is 4.62. The maximum absolute atomic E-state index is 11.7. The van der Waals surface area contributed by atoms with E-state index in [1.54, 1.807) is 12.3 Å². The van der Waals surface area contributed by atoms with Gasteiger partial charge in [-0.25, -0.2) is 4.79 Å². The lowest BCUT2D eigenvalue weighted by Crippen LogP contribution is -2.57. The number of thioether (sulfide) groups is 1. The van der Waals surface area contributed by atoms with E-state index < -0.39 is 17.6 Å². The second kappa shape index (κ2) is 9.36. The lowest BCUT2D eigenvalue weighted by molar-refractivity contribution is -0.160. The minimum atomic E-state index is -2.02. The van der Waals surface area contributed by atoms with Crippen molar-refractivity contribution in [3.8, 4) is 0 Å². The molecule has 0 amide bonds. The minimum absolute atomic E-state index is 0.0887. The first-order valence-corrected chi connectivity index (χ1v) is 9.95. The first kappa shape index (κ1) is 19.9. The van der Waals surface area contributed by atoms with Gasteiger partial charge in [-0.15, -0.1) is 6.58 Å². The van der Waals surface area contributed by atoms with Crippen LogP contribution in [-0.2, 0) is 17.6 Å². The van der Waals surface area contributed by atoms with Crippen LogP contribution in [0.5, 0.6) is 0 Å². The number of nitrogens with zero attached hydrogens (tertiary/aromatic N) is 1. The molecule has 4 N–H and O–H groups in total. The standard InChI is InChI=1S/C19H28N2O3S/c1-2-10-25-13-17(20)19(24,18(22)23)12-16-11-15(8-9-21-16)5-3-4-14-6-7-14/h2,8-9,11,14,17,24H,1,3-7,10,12-13,20H2,(H,22,23). The molecule has 0 radical (unpaired) electrons. The predicted molar refractivity (Wildman–Crippen MR) is 102 cm³/mol. The van der Waals surface area contributed by atoms with Gasteiger partial charge in [-0.1, -0.05) is 25.3 Å². The van der Waals surface area contributed by atoms with Gasteiger partial charge < -0.3 is 15.9 Å². The fraction of sp³-hybridized carbons (Fsp3) is 0.579. The number of hydrogen-bond donors (Lipinski definition) is 3. The zero-order valence-electron chi connectivity index (χ0n) is 14.6. The summed E-state index contributed by atoms with van der Waals surface area (Å²) in [5.74, 6) is 0.609. The van der Waals surface area contributed by atoms with E-state index in [-0.39, 0.29) is 6.42 Å². The van der Waals surface area contributed by atoms with Crippen molar-refractivity contribution in [2.45, 2.75) is 50.2 Å². The van der Waals surface area contributed by atoms with E-state index in [0.29, 0.717) is 17.2 Å². The van der Waals surface area contributed by atoms with Gasteiger partial charge in [0.2, 0.25) is 0 Å². The van der Waals surface area contributed by atoms with Crippen molar-refractivity contribution in [3.05, 3.63) is 42.2 Å². The number of aryl methyl sites for hydroxylation is 1. The molecule has 2 unspecified atom stereocenters. The second-order valence-corrected chi connectivity index (χ2v) is 7.90. The molecular formula is C19H28N2O3S. The minimum Gasteiger partial charge on any atom is -0.479 e. The van der Waals surface area contributed by atoms with Gasteiger partial charge in [-0.2, -0.15) is 11.8 Å². The molecule has 2 atom stereocenters. The lowest BCUT2D eigenvalue weighted by Gasteiger charge is -2.29. The van der Waals surface area contributed by atoms with Crippen molar-refractivity contribution in [3.63, 3.8) is 0 Å². The molecule has 0 saturated heterocycles. The molecule has 2 rings (SSSR count). The largest absolute Gasteiger partial charge is 0.479 e. The van der Waals surface area contributed by atoms with Crippen molar-refractivity contribution in [2.75, 3.05) is 11.5 Å². The summed E-state index contributed by atoms with van der Waals surface area (Å²) in [6.45, 7) is 3.62. The molecule has 1 aromatic heterocycles. The lowest BCUT2D eigenvalue weighted by atomic mass is 9.90. The highest BCUT2D eigenvalue weighted by molar-refractivity contribution is 7.99. The Kier molecular flexibility index (Phi) is 7.47. The maximum atomic E-state index is 11.7. The van der Waals surface area contributed by atoms with Gasteiger partial charge in [-0.3, -0.25) is 4.98 Å². The number of aliphatic carboxylic acids is 1. The van der Waals surface area contributed by atoms with Crippen LogP contribution in [0.1, 0.15) is 36.9 Å². The number of nitrogens with two attached hydrogens (primary N) is 1. The topological polar surface area (TPSA) is 96.4 Å². The maximum Gasteiger partial charge on any atom is 0.337 e. The Hall–Kier alpha value is -1.37. The predicted octanol–water partition coefficient (Wildman–Crippen LogP) is 2.42. The van der Waals surface area contributed by atoms with Crippen LogP contribution in [-0.4, -0.2) is 44.3 Å². The normalized spacial score (nSPS) is 17.7.